The Kier molecular flexibility index (Phi) is 3.46. The average Bonchev–Trinajstić information content (AvgIpc) is 2.66. The number of hydrogen-bond acceptors (Lipinski definition) is 3. The molecule has 0 spiro atoms. The molecular weight excluding hydrogens is 272 g/mol. The van der Waals surface area contributed by atoms with Gasteiger partial charge in [0.25, 0.3) is 0 Å². The number of hydrogen-bond donors (Lipinski definition) is 0. The Morgan fingerprint density at radius 3 is 2.88 bits per heavy atom. The van der Waals surface area contributed by atoms with Crippen LogP contribution in [-0.2, 0) is 11.3 Å². The Labute approximate surface area is 102 Å². The van der Waals surface area contributed by atoms with Gasteiger partial charge in [0.2, 0.25) is 0 Å². The zero-order valence-electron chi connectivity index (χ0n) is 9.24. The minimum absolute atomic E-state index is 0.659. The summed E-state index contributed by atoms with van der Waals surface area (Å²) >= 11 is 3.45. The van der Waals surface area contributed by atoms with E-state index in [1.807, 2.05) is 23.0 Å². The summed E-state index contributed by atoms with van der Waals surface area (Å²) in [4.78, 5) is 0. The second-order valence-electron chi connectivity index (χ2n) is 3.43. The van der Waals surface area contributed by atoms with Gasteiger partial charge in [-0.2, -0.15) is 5.10 Å². The lowest BCUT2D eigenvalue weighted by Crippen LogP contribution is -2.03. The standard InChI is InChI=1S/C11H13BrN2O2/c1-15-4-3-14-7-8-5-9(12)11(16-2)6-10(8)13-14/h5-7H,3-4H2,1-2H3. The Hall–Kier alpha value is -1.07. The minimum atomic E-state index is 0.659. The highest BCUT2D eigenvalue weighted by Crippen LogP contribution is 2.29. The van der Waals surface area contributed by atoms with Gasteiger partial charge in [0.05, 0.1) is 30.3 Å². The molecular formula is C11H13BrN2O2. The fourth-order valence-corrected chi connectivity index (χ4v) is 2.05. The van der Waals surface area contributed by atoms with E-state index in [4.69, 9.17) is 9.47 Å². The first-order chi connectivity index (χ1) is 7.74. The van der Waals surface area contributed by atoms with Gasteiger partial charge in [-0.25, -0.2) is 0 Å². The fourth-order valence-electron chi connectivity index (χ4n) is 1.53. The molecule has 0 bridgehead atoms. The molecule has 5 heteroatoms. The lowest BCUT2D eigenvalue weighted by Gasteiger charge is -2.01. The van der Waals surface area contributed by atoms with Crippen LogP contribution in [0.4, 0.5) is 0 Å². The maximum atomic E-state index is 5.22. The summed E-state index contributed by atoms with van der Waals surface area (Å²) in [5.74, 6) is 0.796. The molecule has 0 atom stereocenters. The van der Waals surface area contributed by atoms with Gasteiger partial charge in [0.15, 0.2) is 0 Å². The van der Waals surface area contributed by atoms with Crippen LogP contribution in [0.25, 0.3) is 10.9 Å². The van der Waals surface area contributed by atoms with E-state index in [2.05, 4.69) is 21.0 Å². The van der Waals surface area contributed by atoms with E-state index < -0.39 is 0 Å². The predicted molar refractivity (Wildman–Crippen MR) is 65.9 cm³/mol. The fraction of sp³-hybridized carbons (Fsp3) is 0.364. The summed E-state index contributed by atoms with van der Waals surface area (Å²) in [6.45, 7) is 1.41. The molecule has 0 aliphatic heterocycles. The van der Waals surface area contributed by atoms with Crippen molar-refractivity contribution in [2.45, 2.75) is 6.54 Å². The zero-order valence-corrected chi connectivity index (χ0v) is 10.8. The van der Waals surface area contributed by atoms with Gasteiger partial charge in [-0.3, -0.25) is 4.68 Å². The highest BCUT2D eigenvalue weighted by atomic mass is 79.9. The second kappa shape index (κ2) is 4.84. The third kappa shape index (κ3) is 2.20. The molecule has 1 aromatic heterocycles. The molecule has 16 heavy (non-hydrogen) atoms. The monoisotopic (exact) mass is 284 g/mol. The smallest absolute Gasteiger partial charge is 0.135 e. The lowest BCUT2D eigenvalue weighted by molar-refractivity contribution is 0.184. The third-order valence-corrected chi connectivity index (χ3v) is 2.97. The third-order valence-electron chi connectivity index (χ3n) is 2.35. The molecule has 4 nitrogen and oxygen atoms in total. The van der Waals surface area contributed by atoms with Crippen molar-refractivity contribution >= 4 is 26.8 Å². The molecule has 0 aliphatic carbocycles. The number of nitrogens with zero attached hydrogens (tertiary/aromatic N) is 2. The van der Waals surface area contributed by atoms with Gasteiger partial charge in [-0.05, 0) is 22.0 Å². The van der Waals surface area contributed by atoms with E-state index in [0.717, 1.165) is 27.7 Å². The number of methoxy groups -OCH3 is 2. The molecule has 0 unspecified atom stereocenters. The van der Waals surface area contributed by atoms with Gasteiger partial charge < -0.3 is 9.47 Å². The largest absolute Gasteiger partial charge is 0.495 e. The summed E-state index contributed by atoms with van der Waals surface area (Å²) in [7, 11) is 3.33. The molecule has 0 aliphatic rings. The van der Waals surface area contributed by atoms with Crippen molar-refractivity contribution in [1.29, 1.82) is 0 Å². The highest BCUT2D eigenvalue weighted by molar-refractivity contribution is 9.10. The first kappa shape index (κ1) is 11.4. The average molecular weight is 285 g/mol. The van der Waals surface area contributed by atoms with Crippen LogP contribution in [-0.4, -0.2) is 30.6 Å². The van der Waals surface area contributed by atoms with Crippen molar-refractivity contribution in [1.82, 2.24) is 9.78 Å². The molecule has 2 aromatic rings. The Balaban J connectivity index is 2.37. The van der Waals surface area contributed by atoms with Crippen LogP contribution in [0, 0.1) is 0 Å². The van der Waals surface area contributed by atoms with Crippen molar-refractivity contribution in [2.24, 2.45) is 0 Å². The zero-order chi connectivity index (χ0) is 11.5. The van der Waals surface area contributed by atoms with E-state index in [-0.39, 0.29) is 0 Å². The quantitative estimate of drug-likeness (QED) is 0.865. The van der Waals surface area contributed by atoms with E-state index in [1.165, 1.54) is 0 Å². The molecule has 1 heterocycles. The summed E-state index contributed by atoms with van der Waals surface area (Å²) in [6, 6.07) is 3.92. The Morgan fingerprint density at radius 1 is 1.38 bits per heavy atom. The number of fused-ring (bicyclic) bond motifs is 1. The van der Waals surface area contributed by atoms with Gasteiger partial charge in [0.1, 0.15) is 5.75 Å². The van der Waals surface area contributed by atoms with Gasteiger partial charge in [0, 0.05) is 24.8 Å². The number of ether oxygens (including phenoxy) is 2. The van der Waals surface area contributed by atoms with Crippen LogP contribution in [0.3, 0.4) is 0 Å². The van der Waals surface area contributed by atoms with Crippen molar-refractivity contribution < 1.29 is 9.47 Å². The van der Waals surface area contributed by atoms with Crippen LogP contribution >= 0.6 is 15.9 Å². The molecule has 86 valence electrons. The van der Waals surface area contributed by atoms with E-state index in [0.29, 0.717) is 6.61 Å². The van der Waals surface area contributed by atoms with Crippen molar-refractivity contribution in [2.75, 3.05) is 20.8 Å². The first-order valence-electron chi connectivity index (χ1n) is 4.94. The van der Waals surface area contributed by atoms with Crippen LogP contribution in [0.15, 0.2) is 22.8 Å². The normalized spacial score (nSPS) is 10.9. The predicted octanol–water partition coefficient (Wildman–Crippen LogP) is 2.45. The summed E-state index contributed by atoms with van der Waals surface area (Å²) < 4.78 is 13.1. The SMILES string of the molecule is COCCn1cc2cc(Br)c(OC)cc2n1. The molecule has 0 N–H and O–H groups in total. The number of halogens is 1. The minimum Gasteiger partial charge on any atom is -0.495 e. The van der Waals surface area contributed by atoms with E-state index in [1.54, 1.807) is 14.2 Å². The van der Waals surface area contributed by atoms with Gasteiger partial charge in [-0.1, -0.05) is 0 Å². The Morgan fingerprint density at radius 2 is 2.19 bits per heavy atom. The summed E-state index contributed by atoms with van der Waals surface area (Å²) in [6.07, 6.45) is 2.00. The van der Waals surface area contributed by atoms with Crippen LogP contribution in [0.2, 0.25) is 0 Å². The molecule has 1 aromatic carbocycles. The van der Waals surface area contributed by atoms with Gasteiger partial charge in [-0.15, -0.1) is 0 Å². The van der Waals surface area contributed by atoms with Crippen molar-refractivity contribution in [3.05, 3.63) is 22.8 Å². The molecule has 0 fully saturated rings. The molecule has 0 saturated heterocycles. The number of benzene rings is 1. The van der Waals surface area contributed by atoms with Crippen LogP contribution in [0.1, 0.15) is 0 Å². The highest BCUT2D eigenvalue weighted by Gasteiger charge is 2.06. The van der Waals surface area contributed by atoms with Gasteiger partial charge >= 0.3 is 0 Å². The second-order valence-corrected chi connectivity index (χ2v) is 4.28. The first-order valence-corrected chi connectivity index (χ1v) is 5.73. The Bertz CT molecular complexity index is 496. The number of rotatable bonds is 4. The van der Waals surface area contributed by atoms with Crippen LogP contribution < -0.4 is 4.74 Å². The molecule has 0 saturated carbocycles. The lowest BCUT2D eigenvalue weighted by atomic mass is 10.2. The maximum absolute atomic E-state index is 5.22. The molecule has 2 rings (SSSR count). The summed E-state index contributed by atoms with van der Waals surface area (Å²) in [5.41, 5.74) is 0.927. The number of aromatic nitrogens is 2. The molecule has 0 radical (unpaired) electrons. The van der Waals surface area contributed by atoms with Crippen LogP contribution in [0.5, 0.6) is 5.75 Å². The van der Waals surface area contributed by atoms with E-state index in [9.17, 15) is 0 Å². The maximum Gasteiger partial charge on any atom is 0.135 e. The van der Waals surface area contributed by atoms with Crippen molar-refractivity contribution in [3.8, 4) is 5.75 Å². The topological polar surface area (TPSA) is 36.3 Å². The van der Waals surface area contributed by atoms with E-state index >= 15 is 0 Å². The molecule has 0 amide bonds. The summed E-state index contributed by atoms with van der Waals surface area (Å²) in [5, 5.41) is 5.52. The van der Waals surface area contributed by atoms with Crippen molar-refractivity contribution in [3.63, 3.8) is 0 Å².